The van der Waals surface area contributed by atoms with Crippen molar-refractivity contribution < 1.29 is 26.2 Å². The fourth-order valence-electron chi connectivity index (χ4n) is 0.496. The van der Waals surface area contributed by atoms with Crippen molar-refractivity contribution in [3.63, 3.8) is 0 Å². The molecule has 12 heavy (non-hydrogen) atoms. The van der Waals surface area contributed by atoms with Crippen molar-refractivity contribution in [3.05, 3.63) is 33.9 Å². The molecule has 0 spiro atoms. The third-order valence-electron chi connectivity index (χ3n) is 0.869. The minimum Gasteiger partial charge on any atom is -0.809 e. The summed E-state index contributed by atoms with van der Waals surface area (Å²) in [6, 6.07) is 5.32. The molecule has 0 fully saturated rings. The Kier molecular flexibility index (Phi) is 10.9. The molecule has 0 aliphatic heterocycles. The van der Waals surface area contributed by atoms with E-state index < -0.39 is 0 Å². The number of aliphatic hydroxyl groups excluding tert-OH is 1. The van der Waals surface area contributed by atoms with Crippen molar-refractivity contribution in [2.45, 2.75) is 0 Å². The van der Waals surface area contributed by atoms with E-state index in [1.165, 1.54) is 0 Å². The van der Waals surface area contributed by atoms with Crippen LogP contribution in [0.15, 0.2) is 22.8 Å². The molecule has 0 saturated heterocycles. The van der Waals surface area contributed by atoms with Gasteiger partial charge in [0.05, 0.1) is 0 Å². The number of pyridine rings is 1. The van der Waals surface area contributed by atoms with E-state index in [0.29, 0.717) is 5.69 Å². The van der Waals surface area contributed by atoms with Crippen LogP contribution in [0.5, 0.6) is 0 Å². The fraction of sp³-hybridized carbons (Fsp3) is 0.143. The smallest absolute Gasteiger partial charge is 0.106 e. The van der Waals surface area contributed by atoms with Crippen molar-refractivity contribution in [3.8, 4) is 0 Å². The Hall–Kier alpha value is -0.0517. The predicted octanol–water partition coefficient (Wildman–Crippen LogP) is 1.44. The van der Waals surface area contributed by atoms with Gasteiger partial charge >= 0.3 is 0 Å². The molecule has 5 heteroatoms. The van der Waals surface area contributed by atoms with Crippen LogP contribution in [0.2, 0.25) is 0 Å². The second-order valence-electron chi connectivity index (χ2n) is 1.51. The van der Waals surface area contributed by atoms with Crippen LogP contribution in [-0.4, -0.2) is 23.4 Å². The minimum atomic E-state index is 0. The van der Waals surface area contributed by atoms with Crippen LogP contribution in [-0.2, 0) is 21.1 Å². The Balaban J connectivity index is 0. The van der Waals surface area contributed by atoms with E-state index in [1.54, 1.807) is 18.2 Å². The predicted molar refractivity (Wildman–Crippen MR) is 48.6 cm³/mol. The van der Waals surface area contributed by atoms with Crippen LogP contribution >= 0.6 is 15.9 Å². The zero-order chi connectivity index (χ0) is 8.69. The molecule has 1 N–H and O–H groups in total. The van der Waals surface area contributed by atoms with E-state index in [2.05, 4.69) is 20.9 Å². The average Bonchev–Trinajstić information content (AvgIpc) is 2.08. The molecule has 0 atom stereocenters. The minimum absolute atomic E-state index is 0. The molecule has 1 aromatic heterocycles. The third-order valence-corrected chi connectivity index (χ3v) is 1.31. The van der Waals surface area contributed by atoms with Gasteiger partial charge in [-0.1, -0.05) is 6.07 Å². The van der Waals surface area contributed by atoms with Gasteiger partial charge in [0.1, 0.15) is 4.60 Å². The van der Waals surface area contributed by atoms with Gasteiger partial charge in [-0.2, -0.15) is 6.21 Å². The van der Waals surface area contributed by atoms with E-state index in [0.717, 1.165) is 17.9 Å². The molecule has 3 nitrogen and oxygen atoms in total. The van der Waals surface area contributed by atoms with Crippen LogP contribution in [0.25, 0.3) is 5.41 Å². The summed E-state index contributed by atoms with van der Waals surface area (Å²) >= 11 is 3.16. The quantitative estimate of drug-likeness (QED) is 0.574. The normalized spacial score (nSPS) is 7.25. The van der Waals surface area contributed by atoms with Crippen molar-refractivity contribution in [1.82, 2.24) is 4.98 Å². The molecule has 0 amide bonds. The van der Waals surface area contributed by atoms with E-state index in [4.69, 9.17) is 10.5 Å². The van der Waals surface area contributed by atoms with Crippen molar-refractivity contribution in [2.75, 3.05) is 7.11 Å². The van der Waals surface area contributed by atoms with Crippen molar-refractivity contribution in [2.24, 2.45) is 0 Å². The first kappa shape index (κ1) is 14.5. The fourth-order valence-corrected chi connectivity index (χ4v) is 0.853. The number of nitrogens with zero attached hydrogens (tertiary/aromatic N) is 2. The summed E-state index contributed by atoms with van der Waals surface area (Å²) in [6.07, 6.45) is 0.963. The standard InChI is InChI=1S/C6H4BrN2.CH4O.W/c7-6-3-1-2-5(4-8)9-6;1-2;/h1-4H;2H,1H3;/q-1;;. The van der Waals surface area contributed by atoms with Gasteiger partial charge in [-0.3, -0.25) is 0 Å². The van der Waals surface area contributed by atoms with Crippen molar-refractivity contribution >= 4 is 22.1 Å². The van der Waals surface area contributed by atoms with Gasteiger partial charge in [-0.25, -0.2) is 4.98 Å². The first-order chi connectivity index (χ1) is 5.33. The number of rotatable bonds is 1. The number of halogens is 1. The molecular weight excluding hydrogens is 392 g/mol. The van der Waals surface area contributed by atoms with E-state index in [9.17, 15) is 0 Å². The van der Waals surface area contributed by atoms with E-state index >= 15 is 0 Å². The van der Waals surface area contributed by atoms with Crippen LogP contribution in [0.3, 0.4) is 0 Å². The molecule has 1 aromatic rings. The molecule has 0 bridgehead atoms. The van der Waals surface area contributed by atoms with Gasteiger partial charge < -0.3 is 10.5 Å². The van der Waals surface area contributed by atoms with Gasteiger partial charge in [-0.05, 0) is 28.1 Å². The van der Waals surface area contributed by atoms with Gasteiger partial charge in [-0.15, -0.1) is 0 Å². The summed E-state index contributed by atoms with van der Waals surface area (Å²) in [7, 11) is 1.00. The number of aromatic nitrogens is 1. The molecule has 0 aliphatic carbocycles. The molecular formula is C7H8BrN2OW-. The Morgan fingerprint density at radius 3 is 2.42 bits per heavy atom. The van der Waals surface area contributed by atoms with E-state index in [1.807, 2.05) is 0 Å². The summed E-state index contributed by atoms with van der Waals surface area (Å²) in [4.78, 5) is 3.90. The largest absolute Gasteiger partial charge is 0.809 e. The molecule has 0 unspecified atom stereocenters. The molecule has 1 rings (SSSR count). The van der Waals surface area contributed by atoms with Crippen molar-refractivity contribution in [1.29, 1.82) is 0 Å². The summed E-state index contributed by atoms with van der Waals surface area (Å²) < 4.78 is 0.727. The Bertz CT molecular complexity index is 232. The van der Waals surface area contributed by atoms with Crippen LogP contribution < -0.4 is 0 Å². The number of hydrogen-bond acceptors (Lipinski definition) is 2. The van der Waals surface area contributed by atoms with Crippen LogP contribution in [0.1, 0.15) is 5.69 Å². The molecule has 0 saturated carbocycles. The Labute approximate surface area is 94.1 Å². The van der Waals surface area contributed by atoms with Gasteiger partial charge in [0.15, 0.2) is 0 Å². The monoisotopic (exact) mass is 399 g/mol. The van der Waals surface area contributed by atoms with Crippen LogP contribution in [0.4, 0.5) is 0 Å². The Morgan fingerprint density at radius 2 is 2.08 bits per heavy atom. The molecule has 0 radical (unpaired) electrons. The summed E-state index contributed by atoms with van der Waals surface area (Å²) in [5.41, 5.74) is 0.560. The third kappa shape index (κ3) is 5.58. The summed E-state index contributed by atoms with van der Waals surface area (Å²) in [5.74, 6) is 0. The second-order valence-corrected chi connectivity index (χ2v) is 2.33. The second kappa shape index (κ2) is 9.04. The van der Waals surface area contributed by atoms with Gasteiger partial charge in [0.25, 0.3) is 0 Å². The SMILES string of the molecule is CO.[N-]=Cc1cccc(Br)n1.[W]. The molecule has 1 heterocycles. The van der Waals surface area contributed by atoms with E-state index in [-0.39, 0.29) is 21.1 Å². The number of hydrogen-bond donors (Lipinski definition) is 1. The topological polar surface area (TPSA) is 55.4 Å². The maximum Gasteiger partial charge on any atom is 0.106 e. The average molecular weight is 400 g/mol. The molecule has 66 valence electrons. The zero-order valence-corrected chi connectivity index (χ0v) is 11.0. The molecule has 0 aliphatic rings. The van der Waals surface area contributed by atoms with Crippen LogP contribution in [0, 0.1) is 0 Å². The van der Waals surface area contributed by atoms with Gasteiger partial charge in [0.2, 0.25) is 0 Å². The summed E-state index contributed by atoms with van der Waals surface area (Å²) in [6.45, 7) is 0. The first-order valence-electron chi connectivity index (χ1n) is 2.87. The Morgan fingerprint density at radius 1 is 1.50 bits per heavy atom. The van der Waals surface area contributed by atoms with Gasteiger partial charge in [0, 0.05) is 33.9 Å². The zero-order valence-electron chi connectivity index (χ0n) is 6.44. The maximum atomic E-state index is 8.45. The first-order valence-corrected chi connectivity index (χ1v) is 3.67. The summed E-state index contributed by atoms with van der Waals surface area (Å²) in [5, 5.41) is 15.5. The molecule has 0 aromatic carbocycles. The maximum absolute atomic E-state index is 8.45. The number of aliphatic hydroxyl groups is 1.